The average Bonchev–Trinajstić information content (AvgIpc) is 2.87. The zero-order chi connectivity index (χ0) is 15.4. The van der Waals surface area contributed by atoms with Gasteiger partial charge in [0.25, 0.3) is 5.91 Å². The molecule has 1 N–H and O–H groups in total. The van der Waals surface area contributed by atoms with Gasteiger partial charge in [-0.15, -0.1) is 11.3 Å². The summed E-state index contributed by atoms with van der Waals surface area (Å²) in [5.74, 6) is 0.0475. The highest BCUT2D eigenvalue weighted by Crippen LogP contribution is 2.32. The molecule has 21 heavy (non-hydrogen) atoms. The van der Waals surface area contributed by atoms with Crippen LogP contribution in [0, 0.1) is 5.92 Å². The van der Waals surface area contributed by atoms with Crippen LogP contribution in [0.25, 0.3) is 0 Å². The molecule has 0 fully saturated rings. The lowest BCUT2D eigenvalue weighted by Gasteiger charge is -2.16. The molecule has 1 aromatic heterocycles. The molecule has 1 aromatic rings. The number of carbonyl (C=O) groups is 2. The van der Waals surface area contributed by atoms with Crippen LogP contribution in [0.4, 0.5) is 0 Å². The van der Waals surface area contributed by atoms with E-state index in [0.717, 1.165) is 19.3 Å². The first-order valence-electron chi connectivity index (χ1n) is 7.57. The fraction of sp³-hybridized carbons (Fsp3) is 0.625. The van der Waals surface area contributed by atoms with Crippen molar-refractivity contribution in [3.05, 3.63) is 21.4 Å². The highest BCUT2D eigenvalue weighted by Gasteiger charge is 2.21. The Morgan fingerprint density at radius 2 is 2.29 bits per heavy atom. The van der Waals surface area contributed by atoms with Gasteiger partial charge in [0, 0.05) is 10.9 Å². The molecule has 0 aromatic carbocycles. The maximum absolute atomic E-state index is 12.0. The van der Waals surface area contributed by atoms with E-state index in [9.17, 15) is 9.59 Å². The van der Waals surface area contributed by atoms with E-state index in [1.807, 2.05) is 19.9 Å². The van der Waals surface area contributed by atoms with Crippen molar-refractivity contribution >= 4 is 23.2 Å². The van der Waals surface area contributed by atoms with Gasteiger partial charge in [-0.2, -0.15) is 0 Å². The van der Waals surface area contributed by atoms with Crippen LogP contribution >= 0.6 is 11.3 Å². The third-order valence-corrected chi connectivity index (χ3v) is 5.10. The molecule has 1 heterocycles. The van der Waals surface area contributed by atoms with Crippen LogP contribution in [0.15, 0.2) is 6.07 Å². The van der Waals surface area contributed by atoms with Gasteiger partial charge in [0.2, 0.25) is 0 Å². The standard InChI is InChI=1S/C16H23NO3S/c1-4-11(3)17-15(18)9-20-16(19)14-8-12-7-10(2)5-6-13(12)21-14/h8,10-11H,4-7,9H2,1-3H3,(H,17,18)/t10-,11+/m1/s1. The van der Waals surface area contributed by atoms with Crippen molar-refractivity contribution in [3.8, 4) is 0 Å². The van der Waals surface area contributed by atoms with Gasteiger partial charge in [0.15, 0.2) is 6.61 Å². The molecule has 0 saturated heterocycles. The summed E-state index contributed by atoms with van der Waals surface area (Å²) in [7, 11) is 0. The smallest absolute Gasteiger partial charge is 0.348 e. The van der Waals surface area contributed by atoms with E-state index >= 15 is 0 Å². The molecule has 1 amide bonds. The van der Waals surface area contributed by atoms with Crippen LogP contribution in [-0.4, -0.2) is 24.5 Å². The molecule has 0 bridgehead atoms. The number of hydrogen-bond donors (Lipinski definition) is 1. The molecule has 0 radical (unpaired) electrons. The fourth-order valence-corrected chi connectivity index (χ4v) is 3.53. The topological polar surface area (TPSA) is 55.4 Å². The molecule has 2 rings (SSSR count). The maximum atomic E-state index is 12.0. The second-order valence-corrected chi connectivity index (χ2v) is 7.00. The average molecular weight is 309 g/mol. The molecule has 1 aliphatic rings. The van der Waals surface area contributed by atoms with Crippen molar-refractivity contribution in [1.29, 1.82) is 0 Å². The third kappa shape index (κ3) is 4.30. The largest absolute Gasteiger partial charge is 0.451 e. The highest BCUT2D eigenvalue weighted by atomic mass is 32.1. The number of thiophene rings is 1. The second-order valence-electron chi connectivity index (χ2n) is 5.86. The van der Waals surface area contributed by atoms with E-state index in [-0.39, 0.29) is 24.5 Å². The minimum absolute atomic E-state index is 0.103. The number of fused-ring (bicyclic) bond motifs is 1. The first-order chi connectivity index (χ1) is 9.99. The number of esters is 1. The van der Waals surface area contributed by atoms with Gasteiger partial charge in [-0.05, 0) is 50.2 Å². The lowest BCUT2D eigenvalue weighted by atomic mass is 9.90. The number of rotatable bonds is 5. The molecule has 2 atom stereocenters. The van der Waals surface area contributed by atoms with Gasteiger partial charge < -0.3 is 10.1 Å². The Hall–Kier alpha value is -1.36. The lowest BCUT2D eigenvalue weighted by molar-refractivity contribution is -0.124. The molecule has 0 aliphatic heterocycles. The van der Waals surface area contributed by atoms with Crippen LogP contribution in [0.1, 0.15) is 53.7 Å². The van der Waals surface area contributed by atoms with Gasteiger partial charge in [-0.3, -0.25) is 4.79 Å². The zero-order valence-electron chi connectivity index (χ0n) is 12.9. The molecule has 4 nitrogen and oxygen atoms in total. The molecular weight excluding hydrogens is 286 g/mol. The first kappa shape index (κ1) is 16.0. The summed E-state index contributed by atoms with van der Waals surface area (Å²) in [4.78, 5) is 25.5. The zero-order valence-corrected chi connectivity index (χ0v) is 13.7. The lowest BCUT2D eigenvalue weighted by Crippen LogP contribution is -2.35. The van der Waals surface area contributed by atoms with Gasteiger partial charge in [0.05, 0.1) is 0 Å². The Balaban J connectivity index is 1.88. The molecule has 1 aliphatic carbocycles. The van der Waals surface area contributed by atoms with E-state index in [2.05, 4.69) is 12.2 Å². The number of amides is 1. The highest BCUT2D eigenvalue weighted by molar-refractivity contribution is 7.14. The van der Waals surface area contributed by atoms with E-state index in [0.29, 0.717) is 10.8 Å². The summed E-state index contributed by atoms with van der Waals surface area (Å²) in [5, 5.41) is 2.78. The summed E-state index contributed by atoms with van der Waals surface area (Å²) in [6, 6.07) is 2.04. The van der Waals surface area contributed by atoms with Crippen LogP contribution in [-0.2, 0) is 22.4 Å². The van der Waals surface area contributed by atoms with Crippen LogP contribution in [0.3, 0.4) is 0 Å². The Kier molecular flexibility index (Phi) is 5.39. The molecule has 0 unspecified atom stereocenters. The Morgan fingerprint density at radius 1 is 1.52 bits per heavy atom. The Bertz CT molecular complexity index is 524. The van der Waals surface area contributed by atoms with Crippen molar-refractivity contribution in [2.45, 2.75) is 52.5 Å². The van der Waals surface area contributed by atoms with Crippen LogP contribution < -0.4 is 5.32 Å². The van der Waals surface area contributed by atoms with Gasteiger partial charge in [-0.25, -0.2) is 4.79 Å². The van der Waals surface area contributed by atoms with Crippen molar-refractivity contribution in [3.63, 3.8) is 0 Å². The molecule has 0 saturated carbocycles. The summed E-state index contributed by atoms with van der Waals surface area (Å²) < 4.78 is 5.10. The fourth-order valence-electron chi connectivity index (χ4n) is 2.43. The third-order valence-electron chi connectivity index (χ3n) is 3.88. The van der Waals surface area contributed by atoms with Gasteiger partial charge >= 0.3 is 5.97 Å². The summed E-state index contributed by atoms with van der Waals surface area (Å²) >= 11 is 1.51. The molecule has 5 heteroatoms. The number of ether oxygens (including phenoxy) is 1. The summed E-state index contributed by atoms with van der Waals surface area (Å²) in [5.41, 5.74) is 1.27. The maximum Gasteiger partial charge on any atom is 0.348 e. The monoisotopic (exact) mass is 309 g/mol. The minimum atomic E-state index is -0.388. The van der Waals surface area contributed by atoms with Crippen molar-refractivity contribution in [2.24, 2.45) is 5.92 Å². The Labute approximate surface area is 129 Å². The van der Waals surface area contributed by atoms with Gasteiger partial charge in [-0.1, -0.05) is 13.8 Å². The second kappa shape index (κ2) is 7.07. The van der Waals surface area contributed by atoms with E-state index in [1.165, 1.54) is 28.2 Å². The van der Waals surface area contributed by atoms with Crippen molar-refractivity contribution in [1.82, 2.24) is 5.32 Å². The van der Waals surface area contributed by atoms with E-state index in [4.69, 9.17) is 4.74 Å². The number of nitrogens with one attached hydrogen (secondary N) is 1. The predicted molar refractivity (Wildman–Crippen MR) is 83.7 cm³/mol. The number of aryl methyl sites for hydroxylation is 1. The van der Waals surface area contributed by atoms with Crippen LogP contribution in [0.2, 0.25) is 0 Å². The normalized spacial score (nSPS) is 18.7. The number of hydrogen-bond acceptors (Lipinski definition) is 4. The Morgan fingerprint density at radius 3 is 3.00 bits per heavy atom. The molecular formula is C16H23NO3S. The quantitative estimate of drug-likeness (QED) is 0.851. The van der Waals surface area contributed by atoms with Crippen molar-refractivity contribution in [2.75, 3.05) is 6.61 Å². The summed E-state index contributed by atoms with van der Waals surface area (Å²) in [6.45, 7) is 5.95. The first-order valence-corrected chi connectivity index (χ1v) is 8.39. The van der Waals surface area contributed by atoms with E-state index in [1.54, 1.807) is 0 Å². The van der Waals surface area contributed by atoms with Gasteiger partial charge in [0.1, 0.15) is 4.88 Å². The van der Waals surface area contributed by atoms with Crippen molar-refractivity contribution < 1.29 is 14.3 Å². The van der Waals surface area contributed by atoms with Crippen LogP contribution in [0.5, 0.6) is 0 Å². The minimum Gasteiger partial charge on any atom is -0.451 e. The van der Waals surface area contributed by atoms with E-state index < -0.39 is 0 Å². The molecule has 0 spiro atoms. The SMILES string of the molecule is CC[C@H](C)NC(=O)COC(=O)c1cc2c(s1)CC[C@@H](C)C2. The number of carbonyl (C=O) groups excluding carboxylic acids is 2. The predicted octanol–water partition coefficient (Wildman–Crippen LogP) is 2.94. The summed E-state index contributed by atoms with van der Waals surface area (Å²) in [6.07, 6.45) is 4.12. The molecule has 116 valence electrons.